The minimum absolute atomic E-state index is 0.340. The molecular weight excluding hydrogens is 268 g/mol. The molecule has 1 saturated heterocycles. The summed E-state index contributed by atoms with van der Waals surface area (Å²) in [6.07, 6.45) is 4.06. The number of nitrogens with one attached hydrogen (secondary N) is 1. The average Bonchev–Trinajstić information content (AvgIpc) is 2.29. The summed E-state index contributed by atoms with van der Waals surface area (Å²) >= 11 is 3.38. The van der Waals surface area contributed by atoms with Crippen LogP contribution in [-0.4, -0.2) is 24.7 Å². The van der Waals surface area contributed by atoms with Crippen molar-refractivity contribution in [2.24, 2.45) is 5.41 Å². The highest BCUT2D eigenvalue weighted by atomic mass is 79.9. The van der Waals surface area contributed by atoms with E-state index in [1.807, 2.05) is 18.3 Å². The van der Waals surface area contributed by atoms with Gasteiger partial charge in [-0.05, 0) is 46.3 Å². The third-order valence-corrected chi connectivity index (χ3v) is 3.59. The lowest BCUT2D eigenvalue weighted by atomic mass is 9.82. The molecule has 0 atom stereocenters. The first-order chi connectivity index (χ1) is 7.68. The molecular formula is C12H17BrN2O. The van der Waals surface area contributed by atoms with Gasteiger partial charge in [-0.15, -0.1) is 0 Å². The molecule has 0 saturated carbocycles. The molecule has 2 heterocycles. The van der Waals surface area contributed by atoms with Gasteiger partial charge >= 0.3 is 0 Å². The number of aromatic nitrogens is 1. The van der Waals surface area contributed by atoms with Gasteiger partial charge < -0.3 is 10.1 Å². The lowest BCUT2D eigenvalue weighted by molar-refractivity contribution is 0.0300. The molecule has 1 aliphatic rings. The summed E-state index contributed by atoms with van der Waals surface area (Å²) in [6, 6.07) is 3.99. The zero-order chi connectivity index (χ0) is 11.4. The van der Waals surface area contributed by atoms with Crippen molar-refractivity contribution in [3.63, 3.8) is 0 Å². The van der Waals surface area contributed by atoms with E-state index in [2.05, 4.69) is 33.2 Å². The number of ether oxygens (including phenoxy) is 1. The molecule has 4 heteroatoms. The van der Waals surface area contributed by atoms with Gasteiger partial charge in [0.25, 0.3) is 0 Å². The van der Waals surface area contributed by atoms with E-state index in [4.69, 9.17) is 4.74 Å². The molecule has 0 radical (unpaired) electrons. The molecule has 1 aliphatic heterocycles. The van der Waals surface area contributed by atoms with Crippen molar-refractivity contribution in [2.75, 3.05) is 25.1 Å². The minimum atomic E-state index is 0.340. The van der Waals surface area contributed by atoms with Crippen LogP contribution in [0.5, 0.6) is 0 Å². The number of anilines is 1. The first kappa shape index (κ1) is 11.9. The maximum atomic E-state index is 5.38. The third kappa shape index (κ3) is 3.19. The largest absolute Gasteiger partial charge is 0.381 e. The van der Waals surface area contributed by atoms with Gasteiger partial charge in [-0.1, -0.05) is 6.92 Å². The fourth-order valence-electron chi connectivity index (χ4n) is 1.83. The fourth-order valence-corrected chi connectivity index (χ4v) is 2.06. The number of rotatable bonds is 3. The van der Waals surface area contributed by atoms with Crippen molar-refractivity contribution >= 4 is 21.7 Å². The molecule has 16 heavy (non-hydrogen) atoms. The van der Waals surface area contributed by atoms with Crippen LogP contribution >= 0.6 is 15.9 Å². The Morgan fingerprint density at radius 1 is 1.44 bits per heavy atom. The SMILES string of the molecule is CC1(CNc2ccc(Br)cn2)CCOCC1. The Morgan fingerprint density at radius 3 is 2.81 bits per heavy atom. The van der Waals surface area contributed by atoms with E-state index in [1.165, 1.54) is 0 Å². The maximum Gasteiger partial charge on any atom is 0.125 e. The van der Waals surface area contributed by atoms with Crippen molar-refractivity contribution in [3.8, 4) is 0 Å². The Labute approximate surface area is 105 Å². The van der Waals surface area contributed by atoms with Crippen molar-refractivity contribution in [1.29, 1.82) is 0 Å². The average molecular weight is 285 g/mol. The number of hydrogen-bond donors (Lipinski definition) is 1. The number of pyridine rings is 1. The topological polar surface area (TPSA) is 34.2 Å². The van der Waals surface area contributed by atoms with Crippen molar-refractivity contribution < 1.29 is 4.74 Å². The molecule has 0 bridgehead atoms. The molecule has 2 rings (SSSR count). The van der Waals surface area contributed by atoms with Crippen LogP contribution in [-0.2, 0) is 4.74 Å². The van der Waals surface area contributed by atoms with E-state index < -0.39 is 0 Å². The van der Waals surface area contributed by atoms with E-state index in [0.717, 1.165) is 42.9 Å². The number of hydrogen-bond acceptors (Lipinski definition) is 3. The van der Waals surface area contributed by atoms with Crippen molar-refractivity contribution in [2.45, 2.75) is 19.8 Å². The molecule has 1 N–H and O–H groups in total. The molecule has 0 aliphatic carbocycles. The van der Waals surface area contributed by atoms with Crippen LogP contribution in [0.15, 0.2) is 22.8 Å². The molecule has 0 unspecified atom stereocenters. The van der Waals surface area contributed by atoms with Crippen LogP contribution in [0, 0.1) is 5.41 Å². The van der Waals surface area contributed by atoms with Crippen molar-refractivity contribution in [1.82, 2.24) is 4.98 Å². The van der Waals surface area contributed by atoms with Crippen LogP contribution in [0.25, 0.3) is 0 Å². The summed E-state index contributed by atoms with van der Waals surface area (Å²) in [7, 11) is 0. The number of nitrogens with zero attached hydrogens (tertiary/aromatic N) is 1. The molecule has 0 spiro atoms. The molecule has 1 aromatic rings. The highest BCUT2D eigenvalue weighted by molar-refractivity contribution is 9.10. The van der Waals surface area contributed by atoms with Crippen LogP contribution < -0.4 is 5.32 Å². The predicted octanol–water partition coefficient (Wildman–Crippen LogP) is 3.07. The van der Waals surface area contributed by atoms with Gasteiger partial charge in [-0.2, -0.15) is 0 Å². The predicted molar refractivity (Wildman–Crippen MR) is 68.6 cm³/mol. The summed E-state index contributed by atoms with van der Waals surface area (Å²) < 4.78 is 6.39. The molecule has 1 fully saturated rings. The Hall–Kier alpha value is -0.610. The normalized spacial score (nSPS) is 19.4. The van der Waals surface area contributed by atoms with Crippen LogP contribution in [0.1, 0.15) is 19.8 Å². The second kappa shape index (κ2) is 5.15. The van der Waals surface area contributed by atoms with E-state index in [0.29, 0.717) is 5.41 Å². The van der Waals surface area contributed by atoms with Gasteiger partial charge in [0.05, 0.1) is 0 Å². The van der Waals surface area contributed by atoms with Crippen LogP contribution in [0.3, 0.4) is 0 Å². The van der Waals surface area contributed by atoms with Gasteiger partial charge in [0, 0.05) is 30.4 Å². The smallest absolute Gasteiger partial charge is 0.125 e. The molecule has 0 aromatic carbocycles. The molecule has 1 aromatic heterocycles. The van der Waals surface area contributed by atoms with Gasteiger partial charge in [0.15, 0.2) is 0 Å². The third-order valence-electron chi connectivity index (χ3n) is 3.12. The van der Waals surface area contributed by atoms with Crippen LogP contribution in [0.4, 0.5) is 5.82 Å². The van der Waals surface area contributed by atoms with Gasteiger partial charge in [0.2, 0.25) is 0 Å². The summed E-state index contributed by atoms with van der Waals surface area (Å²) in [5.74, 6) is 0.941. The monoisotopic (exact) mass is 284 g/mol. The second-order valence-corrected chi connectivity index (χ2v) is 5.55. The first-order valence-electron chi connectivity index (χ1n) is 5.61. The minimum Gasteiger partial charge on any atom is -0.381 e. The molecule has 88 valence electrons. The van der Waals surface area contributed by atoms with Crippen LogP contribution in [0.2, 0.25) is 0 Å². The second-order valence-electron chi connectivity index (χ2n) is 4.64. The van der Waals surface area contributed by atoms with E-state index >= 15 is 0 Å². The highest BCUT2D eigenvalue weighted by Crippen LogP contribution is 2.29. The Balaban J connectivity index is 1.88. The lowest BCUT2D eigenvalue weighted by Gasteiger charge is -2.33. The van der Waals surface area contributed by atoms with E-state index in [-0.39, 0.29) is 0 Å². The zero-order valence-electron chi connectivity index (χ0n) is 9.50. The maximum absolute atomic E-state index is 5.38. The number of halogens is 1. The van der Waals surface area contributed by atoms with Gasteiger partial charge in [0.1, 0.15) is 5.82 Å². The molecule has 3 nitrogen and oxygen atoms in total. The quantitative estimate of drug-likeness (QED) is 0.926. The highest BCUT2D eigenvalue weighted by Gasteiger charge is 2.26. The van der Waals surface area contributed by atoms with E-state index in [9.17, 15) is 0 Å². The van der Waals surface area contributed by atoms with E-state index in [1.54, 1.807) is 0 Å². The van der Waals surface area contributed by atoms with Crippen molar-refractivity contribution in [3.05, 3.63) is 22.8 Å². The molecule has 0 amide bonds. The first-order valence-corrected chi connectivity index (χ1v) is 6.40. The Kier molecular flexibility index (Phi) is 3.82. The summed E-state index contributed by atoms with van der Waals surface area (Å²) in [5, 5.41) is 3.39. The Bertz CT molecular complexity index is 333. The standard InChI is InChI=1S/C12H17BrN2O/c1-12(4-6-16-7-5-12)9-15-11-3-2-10(13)8-14-11/h2-3,8H,4-7,9H2,1H3,(H,14,15). The lowest BCUT2D eigenvalue weighted by Crippen LogP contribution is -2.33. The fraction of sp³-hybridized carbons (Fsp3) is 0.583. The summed E-state index contributed by atoms with van der Waals surface area (Å²) in [4.78, 5) is 4.30. The summed E-state index contributed by atoms with van der Waals surface area (Å²) in [6.45, 7) is 5.03. The van der Waals surface area contributed by atoms with Gasteiger partial charge in [-0.25, -0.2) is 4.98 Å². The summed E-state index contributed by atoms with van der Waals surface area (Å²) in [5.41, 5.74) is 0.340. The Morgan fingerprint density at radius 2 is 2.19 bits per heavy atom. The van der Waals surface area contributed by atoms with Gasteiger partial charge in [-0.3, -0.25) is 0 Å². The zero-order valence-corrected chi connectivity index (χ0v) is 11.1.